The van der Waals surface area contributed by atoms with Crippen LogP contribution in [0.25, 0.3) is 0 Å². The minimum atomic E-state index is -2.02. The summed E-state index contributed by atoms with van der Waals surface area (Å²) in [5.41, 5.74) is -2.02. The minimum absolute atomic E-state index is 0.254. The van der Waals surface area contributed by atoms with Crippen LogP contribution in [0.1, 0.15) is 0 Å². The predicted octanol–water partition coefficient (Wildman–Crippen LogP) is -0.254. The smallest absolute Gasteiger partial charge is 0.342 e. The van der Waals surface area contributed by atoms with Gasteiger partial charge in [0.1, 0.15) is 0 Å². The first-order chi connectivity index (χ1) is 10.8. The number of nitrogens with zero attached hydrogens (tertiary/aromatic N) is 5. The van der Waals surface area contributed by atoms with Crippen LogP contribution in [0.2, 0.25) is 0 Å². The van der Waals surface area contributed by atoms with Gasteiger partial charge < -0.3 is 9.74 Å². The van der Waals surface area contributed by atoms with Crippen LogP contribution < -0.4 is 0 Å². The van der Waals surface area contributed by atoms with E-state index in [1.54, 1.807) is 4.90 Å². The van der Waals surface area contributed by atoms with E-state index in [4.69, 9.17) is 28.0 Å². The zero-order chi connectivity index (χ0) is 17.4. The zero-order valence-electron chi connectivity index (χ0n) is 13.0. The second-order valence-electron chi connectivity index (χ2n) is 5.06. The molecule has 9 nitrogen and oxygen atoms in total. The van der Waals surface area contributed by atoms with E-state index in [2.05, 4.69) is 5.16 Å². The minimum Gasteiger partial charge on any atom is -0.342 e. The molecule has 128 valence electrons. The molecule has 0 aromatic rings. The van der Waals surface area contributed by atoms with Gasteiger partial charge in [-0.05, 0) is 5.16 Å². The van der Waals surface area contributed by atoms with Crippen LogP contribution in [0.5, 0.6) is 0 Å². The Hall–Kier alpha value is -1.74. The van der Waals surface area contributed by atoms with Crippen molar-refractivity contribution in [2.24, 2.45) is 5.16 Å². The molecule has 0 atom stereocenters. The fraction of sp³-hybridized carbons (Fsp3) is 0.667. The Bertz CT molecular complexity index is 540. The molecule has 1 spiro atoms. The SMILES string of the molecule is CN1C(=O)N(C)C(=O)C2(ON=C(N(CCCl)CCCl)N2C)C1=O. The Morgan fingerprint density at radius 3 is 1.96 bits per heavy atom. The molecule has 0 saturated carbocycles. The summed E-state index contributed by atoms with van der Waals surface area (Å²) < 4.78 is 0. The molecule has 0 aromatic heterocycles. The summed E-state index contributed by atoms with van der Waals surface area (Å²) in [5, 5.41) is 3.87. The highest BCUT2D eigenvalue weighted by molar-refractivity contribution is 6.22. The molecule has 0 radical (unpaired) electrons. The first-order valence-electron chi connectivity index (χ1n) is 6.80. The number of guanidine groups is 1. The maximum Gasteiger partial charge on any atom is 0.370 e. The van der Waals surface area contributed by atoms with Crippen molar-refractivity contribution in [3.8, 4) is 0 Å². The predicted molar refractivity (Wildman–Crippen MR) is 83.0 cm³/mol. The lowest BCUT2D eigenvalue weighted by Gasteiger charge is -2.41. The van der Waals surface area contributed by atoms with E-state index >= 15 is 0 Å². The van der Waals surface area contributed by atoms with Crippen LogP contribution in [0, 0.1) is 0 Å². The quantitative estimate of drug-likeness (QED) is 0.504. The van der Waals surface area contributed by atoms with Gasteiger partial charge in [0.2, 0.25) is 5.96 Å². The molecule has 23 heavy (non-hydrogen) atoms. The largest absolute Gasteiger partial charge is 0.370 e. The molecule has 1 saturated heterocycles. The van der Waals surface area contributed by atoms with Gasteiger partial charge in [0, 0.05) is 46.0 Å². The summed E-state index contributed by atoms with van der Waals surface area (Å²) in [6.07, 6.45) is 0. The Labute approximate surface area is 143 Å². The molecule has 1 fully saturated rings. The molecular formula is C12H17Cl2N5O4. The van der Waals surface area contributed by atoms with Crippen molar-refractivity contribution in [1.29, 1.82) is 0 Å². The number of rotatable bonds is 4. The third-order valence-corrected chi connectivity index (χ3v) is 4.12. The van der Waals surface area contributed by atoms with Gasteiger partial charge >= 0.3 is 23.6 Å². The van der Waals surface area contributed by atoms with Crippen molar-refractivity contribution >= 4 is 47.0 Å². The van der Waals surface area contributed by atoms with Crippen molar-refractivity contribution in [2.75, 3.05) is 46.0 Å². The molecule has 11 heteroatoms. The standard InChI is InChI=1S/C12H17Cl2N5O4/c1-16-8(20)12(9(21)17(2)11(16)22)18(3)10(15-23-12)19(6-4-13)7-5-14/h4-7H2,1-3H3. The molecule has 2 heterocycles. The number of barbiturate groups is 1. The molecule has 2 aliphatic heterocycles. The lowest BCUT2D eigenvalue weighted by atomic mass is 10.1. The van der Waals surface area contributed by atoms with Gasteiger partial charge in [0.05, 0.1) is 0 Å². The van der Waals surface area contributed by atoms with E-state index in [-0.39, 0.29) is 5.96 Å². The van der Waals surface area contributed by atoms with Crippen LogP contribution in [0.4, 0.5) is 4.79 Å². The maximum atomic E-state index is 12.6. The number of carbonyl (C=O) groups excluding carboxylic acids is 3. The fourth-order valence-electron chi connectivity index (χ4n) is 2.47. The van der Waals surface area contributed by atoms with Gasteiger partial charge in [-0.2, -0.15) is 0 Å². The number of amides is 4. The zero-order valence-corrected chi connectivity index (χ0v) is 14.5. The van der Waals surface area contributed by atoms with Crippen molar-refractivity contribution < 1.29 is 19.2 Å². The van der Waals surface area contributed by atoms with E-state index in [0.29, 0.717) is 24.8 Å². The van der Waals surface area contributed by atoms with Gasteiger partial charge in [-0.1, -0.05) is 0 Å². The van der Waals surface area contributed by atoms with Gasteiger partial charge in [-0.3, -0.25) is 24.3 Å². The Balaban J connectivity index is 2.36. The summed E-state index contributed by atoms with van der Waals surface area (Å²) in [4.78, 5) is 46.9. The molecule has 2 aliphatic rings. The number of oxime groups is 1. The normalized spacial score (nSPS) is 20.3. The summed E-state index contributed by atoms with van der Waals surface area (Å²) >= 11 is 11.5. The third-order valence-electron chi connectivity index (χ3n) is 3.79. The van der Waals surface area contributed by atoms with Gasteiger partial charge in [0.25, 0.3) is 0 Å². The fourth-order valence-corrected chi connectivity index (χ4v) is 2.87. The van der Waals surface area contributed by atoms with Crippen LogP contribution in [-0.4, -0.2) is 95.1 Å². The highest BCUT2D eigenvalue weighted by Gasteiger charge is 2.65. The summed E-state index contributed by atoms with van der Waals surface area (Å²) in [6, 6.07) is -0.727. The molecule has 0 unspecified atom stereocenters. The van der Waals surface area contributed by atoms with Crippen molar-refractivity contribution in [1.82, 2.24) is 19.6 Å². The Morgan fingerprint density at radius 2 is 1.52 bits per heavy atom. The van der Waals surface area contributed by atoms with E-state index in [0.717, 1.165) is 9.80 Å². The molecule has 4 amide bonds. The molecular weight excluding hydrogens is 349 g/mol. The van der Waals surface area contributed by atoms with Gasteiger partial charge in [-0.15, -0.1) is 23.2 Å². The number of hydrogen-bond donors (Lipinski definition) is 0. The van der Waals surface area contributed by atoms with E-state index in [1.807, 2.05) is 0 Å². The Morgan fingerprint density at radius 1 is 1.04 bits per heavy atom. The van der Waals surface area contributed by atoms with Crippen molar-refractivity contribution in [3.63, 3.8) is 0 Å². The number of halogens is 2. The van der Waals surface area contributed by atoms with Crippen LogP contribution in [0.3, 0.4) is 0 Å². The lowest BCUT2D eigenvalue weighted by molar-refractivity contribution is -0.186. The molecule has 0 aliphatic carbocycles. The van der Waals surface area contributed by atoms with Gasteiger partial charge in [0.15, 0.2) is 0 Å². The first-order valence-corrected chi connectivity index (χ1v) is 7.87. The summed E-state index contributed by atoms with van der Waals surface area (Å²) in [7, 11) is 4.05. The highest BCUT2D eigenvalue weighted by Crippen LogP contribution is 2.32. The molecule has 2 rings (SSSR count). The van der Waals surface area contributed by atoms with E-state index in [1.165, 1.54) is 26.0 Å². The van der Waals surface area contributed by atoms with Crippen molar-refractivity contribution in [2.45, 2.75) is 5.72 Å². The number of hydrogen-bond acceptors (Lipinski definition) is 7. The third kappa shape index (κ3) is 2.47. The number of alkyl halides is 2. The number of urea groups is 1. The number of imide groups is 2. The average Bonchev–Trinajstić information content (AvgIpc) is 2.88. The monoisotopic (exact) mass is 365 g/mol. The lowest BCUT2D eigenvalue weighted by Crippen LogP contribution is -2.73. The topological polar surface area (TPSA) is 85.8 Å². The molecule has 0 aromatic carbocycles. The number of likely N-dealkylation sites (N-methyl/N-ethyl adjacent to an activating group) is 3. The van der Waals surface area contributed by atoms with Crippen LogP contribution in [-0.2, 0) is 14.4 Å². The molecule has 0 N–H and O–H groups in total. The average molecular weight is 366 g/mol. The summed E-state index contributed by atoms with van der Waals surface area (Å²) in [6.45, 7) is 0.813. The maximum absolute atomic E-state index is 12.6. The van der Waals surface area contributed by atoms with Crippen LogP contribution in [0.15, 0.2) is 5.16 Å². The van der Waals surface area contributed by atoms with Crippen molar-refractivity contribution in [3.05, 3.63) is 0 Å². The van der Waals surface area contributed by atoms with E-state index in [9.17, 15) is 14.4 Å². The van der Waals surface area contributed by atoms with Crippen LogP contribution >= 0.6 is 23.2 Å². The second-order valence-corrected chi connectivity index (χ2v) is 5.82. The van der Waals surface area contributed by atoms with Gasteiger partial charge in [-0.25, -0.2) is 4.79 Å². The second kappa shape index (κ2) is 6.40. The molecule has 0 bridgehead atoms. The Kier molecular flexibility index (Phi) is 4.90. The summed E-state index contributed by atoms with van der Waals surface area (Å²) in [5.74, 6) is -0.746. The highest BCUT2D eigenvalue weighted by atomic mass is 35.5. The number of carbonyl (C=O) groups is 3. The first kappa shape index (κ1) is 17.6. The van der Waals surface area contributed by atoms with E-state index < -0.39 is 23.6 Å².